The van der Waals surface area contributed by atoms with Crippen LogP contribution < -0.4 is 5.32 Å². The zero-order valence-corrected chi connectivity index (χ0v) is 14.2. The Bertz CT molecular complexity index is 620. The third-order valence-corrected chi connectivity index (χ3v) is 4.60. The van der Waals surface area contributed by atoms with Crippen molar-refractivity contribution in [2.24, 2.45) is 5.41 Å². The van der Waals surface area contributed by atoms with Crippen molar-refractivity contribution in [3.63, 3.8) is 0 Å². The maximum Gasteiger partial charge on any atom is 0.271 e. The summed E-state index contributed by atoms with van der Waals surface area (Å²) in [6.45, 7) is 6.35. The molecule has 24 heavy (non-hydrogen) atoms. The maximum absolute atomic E-state index is 12.2. The van der Waals surface area contributed by atoms with Crippen molar-refractivity contribution in [2.75, 3.05) is 31.6 Å². The molecule has 1 saturated heterocycles. The number of hydrogen-bond donors (Lipinski definition) is 2. The molecule has 1 aliphatic rings. The molecule has 0 spiro atoms. The lowest BCUT2D eigenvalue weighted by Crippen LogP contribution is -2.44. The highest BCUT2D eigenvalue weighted by molar-refractivity contribution is 5.92. The molecule has 2 rings (SSSR count). The number of benzene rings is 1. The van der Waals surface area contributed by atoms with Gasteiger partial charge in [-0.2, -0.15) is 0 Å². The van der Waals surface area contributed by atoms with E-state index < -0.39 is 4.92 Å². The van der Waals surface area contributed by atoms with E-state index in [1.807, 2.05) is 0 Å². The lowest BCUT2D eigenvalue weighted by molar-refractivity contribution is -0.384. The van der Waals surface area contributed by atoms with Crippen LogP contribution in [0.4, 0.5) is 11.4 Å². The van der Waals surface area contributed by atoms with Crippen molar-refractivity contribution in [1.29, 1.82) is 0 Å². The lowest BCUT2D eigenvalue weighted by atomic mass is 9.83. The van der Waals surface area contributed by atoms with Crippen molar-refractivity contribution in [2.45, 2.75) is 33.1 Å². The number of carbonyl (C=O) groups is 1. The molecule has 1 atom stereocenters. The summed E-state index contributed by atoms with van der Waals surface area (Å²) in [6.07, 6.45) is 2.34. The van der Waals surface area contributed by atoms with E-state index >= 15 is 0 Å². The lowest BCUT2D eigenvalue weighted by Gasteiger charge is -2.39. The van der Waals surface area contributed by atoms with Gasteiger partial charge in [0.2, 0.25) is 5.91 Å². The standard InChI is InChI=1S/C17H25N3O4/c1-13-4-5-14(20(23)24)10-15(13)18-16(22)6-9-19-8-3-7-17(2,11-19)12-21/h4-5,10,21H,3,6-9,11-12H2,1-2H3,(H,18,22). The molecule has 1 aromatic rings. The summed E-state index contributed by atoms with van der Waals surface area (Å²) < 4.78 is 0. The predicted octanol–water partition coefficient (Wildman–Crippen LogP) is 2.33. The Hall–Kier alpha value is -1.99. The number of nitrogens with zero attached hydrogens (tertiary/aromatic N) is 2. The fourth-order valence-electron chi connectivity index (χ4n) is 3.08. The van der Waals surface area contributed by atoms with Gasteiger partial charge < -0.3 is 15.3 Å². The summed E-state index contributed by atoms with van der Waals surface area (Å²) >= 11 is 0. The monoisotopic (exact) mass is 335 g/mol. The molecule has 7 nitrogen and oxygen atoms in total. The summed E-state index contributed by atoms with van der Waals surface area (Å²) in [5, 5.41) is 23.1. The first-order valence-electron chi connectivity index (χ1n) is 8.21. The van der Waals surface area contributed by atoms with Crippen LogP contribution in [-0.2, 0) is 4.79 Å². The number of carbonyl (C=O) groups excluding carboxylic acids is 1. The Morgan fingerprint density at radius 1 is 1.50 bits per heavy atom. The molecule has 1 unspecified atom stereocenters. The molecule has 0 aliphatic carbocycles. The zero-order chi connectivity index (χ0) is 17.7. The van der Waals surface area contributed by atoms with Gasteiger partial charge >= 0.3 is 0 Å². The van der Waals surface area contributed by atoms with Gasteiger partial charge in [0.15, 0.2) is 0 Å². The fourth-order valence-corrected chi connectivity index (χ4v) is 3.08. The van der Waals surface area contributed by atoms with Gasteiger partial charge in [0, 0.05) is 43.7 Å². The number of aryl methyl sites for hydroxylation is 1. The van der Waals surface area contributed by atoms with E-state index in [1.54, 1.807) is 13.0 Å². The van der Waals surface area contributed by atoms with Crippen molar-refractivity contribution < 1.29 is 14.8 Å². The van der Waals surface area contributed by atoms with Crippen molar-refractivity contribution >= 4 is 17.3 Å². The quantitative estimate of drug-likeness (QED) is 0.614. The zero-order valence-electron chi connectivity index (χ0n) is 14.2. The second-order valence-corrected chi connectivity index (χ2v) is 6.90. The third kappa shape index (κ3) is 4.75. The van der Waals surface area contributed by atoms with E-state index in [1.165, 1.54) is 12.1 Å². The number of non-ortho nitro benzene ring substituents is 1. The second-order valence-electron chi connectivity index (χ2n) is 6.90. The molecule has 1 heterocycles. The van der Waals surface area contributed by atoms with E-state index in [0.29, 0.717) is 18.7 Å². The summed E-state index contributed by atoms with van der Waals surface area (Å²) in [6, 6.07) is 4.44. The third-order valence-electron chi connectivity index (χ3n) is 4.60. The Morgan fingerprint density at radius 2 is 2.25 bits per heavy atom. The van der Waals surface area contributed by atoms with Crippen molar-refractivity contribution in [1.82, 2.24) is 4.90 Å². The molecular weight excluding hydrogens is 310 g/mol. The highest BCUT2D eigenvalue weighted by Gasteiger charge is 2.30. The summed E-state index contributed by atoms with van der Waals surface area (Å²) in [5.74, 6) is -0.158. The molecule has 0 radical (unpaired) electrons. The number of rotatable bonds is 6. The molecule has 7 heteroatoms. The van der Waals surface area contributed by atoms with E-state index in [9.17, 15) is 20.0 Å². The maximum atomic E-state index is 12.2. The van der Waals surface area contributed by atoms with Crippen LogP contribution in [-0.4, -0.2) is 47.1 Å². The average Bonchev–Trinajstić information content (AvgIpc) is 2.55. The van der Waals surface area contributed by atoms with E-state index in [2.05, 4.69) is 17.1 Å². The summed E-state index contributed by atoms with van der Waals surface area (Å²) in [7, 11) is 0. The van der Waals surface area contributed by atoms with Crippen LogP contribution in [0.25, 0.3) is 0 Å². The number of piperidine rings is 1. The number of nitrogens with one attached hydrogen (secondary N) is 1. The smallest absolute Gasteiger partial charge is 0.271 e. The van der Waals surface area contributed by atoms with Crippen LogP contribution in [0.3, 0.4) is 0 Å². The van der Waals surface area contributed by atoms with Crippen LogP contribution in [0.5, 0.6) is 0 Å². The Morgan fingerprint density at radius 3 is 2.92 bits per heavy atom. The van der Waals surface area contributed by atoms with E-state index in [0.717, 1.165) is 31.5 Å². The highest BCUT2D eigenvalue weighted by Crippen LogP contribution is 2.28. The van der Waals surface area contributed by atoms with Crippen LogP contribution in [0.2, 0.25) is 0 Å². The SMILES string of the molecule is Cc1ccc([N+](=O)[O-])cc1NC(=O)CCN1CCCC(C)(CO)C1. The number of hydrogen-bond acceptors (Lipinski definition) is 5. The van der Waals surface area contributed by atoms with Crippen LogP contribution in [0.15, 0.2) is 18.2 Å². The van der Waals surface area contributed by atoms with Gasteiger partial charge in [-0.05, 0) is 31.9 Å². The first-order chi connectivity index (χ1) is 11.3. The second kappa shape index (κ2) is 7.72. The Balaban J connectivity index is 1.90. The molecule has 2 N–H and O–H groups in total. The Kier molecular flexibility index (Phi) is 5.90. The number of aliphatic hydroxyl groups is 1. The van der Waals surface area contributed by atoms with Crippen LogP contribution in [0, 0.1) is 22.5 Å². The molecule has 1 aliphatic heterocycles. The minimum Gasteiger partial charge on any atom is -0.396 e. The minimum absolute atomic E-state index is 0.0364. The molecule has 0 saturated carbocycles. The van der Waals surface area contributed by atoms with Gasteiger partial charge in [-0.25, -0.2) is 0 Å². The van der Waals surface area contributed by atoms with Gasteiger partial charge in [-0.3, -0.25) is 14.9 Å². The van der Waals surface area contributed by atoms with Crippen LogP contribution >= 0.6 is 0 Å². The largest absolute Gasteiger partial charge is 0.396 e. The number of nitro groups is 1. The predicted molar refractivity (Wildman–Crippen MR) is 91.9 cm³/mol. The first kappa shape index (κ1) is 18.4. The first-order valence-corrected chi connectivity index (χ1v) is 8.21. The fraction of sp³-hybridized carbons (Fsp3) is 0.588. The molecule has 1 aromatic carbocycles. The summed E-state index contributed by atoms with van der Waals surface area (Å²) in [5.41, 5.74) is 1.14. The van der Waals surface area contributed by atoms with E-state index in [4.69, 9.17) is 0 Å². The van der Waals surface area contributed by atoms with Crippen molar-refractivity contribution in [3.8, 4) is 0 Å². The number of nitro benzene ring substituents is 1. The van der Waals surface area contributed by atoms with Gasteiger partial charge in [0.05, 0.1) is 10.6 Å². The van der Waals surface area contributed by atoms with Crippen molar-refractivity contribution in [3.05, 3.63) is 33.9 Å². The average molecular weight is 335 g/mol. The molecular formula is C17H25N3O4. The van der Waals surface area contributed by atoms with Gasteiger partial charge in [0.25, 0.3) is 5.69 Å². The molecule has 1 fully saturated rings. The van der Waals surface area contributed by atoms with E-state index in [-0.39, 0.29) is 23.6 Å². The number of aliphatic hydroxyl groups excluding tert-OH is 1. The van der Waals surface area contributed by atoms with Gasteiger partial charge in [-0.15, -0.1) is 0 Å². The normalized spacial score (nSPS) is 21.5. The van der Waals surface area contributed by atoms with Gasteiger partial charge in [0.1, 0.15) is 0 Å². The number of anilines is 1. The highest BCUT2D eigenvalue weighted by atomic mass is 16.6. The molecule has 0 bridgehead atoms. The topological polar surface area (TPSA) is 95.7 Å². The molecule has 0 aromatic heterocycles. The summed E-state index contributed by atoms with van der Waals surface area (Å²) in [4.78, 5) is 24.7. The number of amides is 1. The molecule has 1 amide bonds. The van der Waals surface area contributed by atoms with Gasteiger partial charge in [-0.1, -0.05) is 13.0 Å². The Labute approximate surface area is 141 Å². The van der Waals surface area contributed by atoms with Crippen LogP contribution in [0.1, 0.15) is 31.7 Å². The number of likely N-dealkylation sites (tertiary alicyclic amines) is 1. The minimum atomic E-state index is -0.474. The molecule has 132 valence electrons.